The molecule has 0 atom stereocenters. The van der Waals surface area contributed by atoms with Crippen molar-refractivity contribution in [2.24, 2.45) is 0 Å². The Morgan fingerprint density at radius 1 is 1.27 bits per heavy atom. The van der Waals surface area contributed by atoms with E-state index >= 15 is 0 Å². The van der Waals surface area contributed by atoms with Gasteiger partial charge in [0.25, 0.3) is 0 Å². The fourth-order valence-corrected chi connectivity index (χ4v) is 1.58. The molecule has 0 spiro atoms. The van der Waals surface area contributed by atoms with Crippen molar-refractivity contribution < 1.29 is 9.26 Å². The molecule has 3 nitrogen and oxygen atoms in total. The lowest BCUT2D eigenvalue weighted by Crippen LogP contribution is -1.81. The molecule has 2 aromatic rings. The second-order valence-electron chi connectivity index (χ2n) is 2.96. The van der Waals surface area contributed by atoms with E-state index in [2.05, 4.69) is 5.16 Å². The summed E-state index contributed by atoms with van der Waals surface area (Å²) < 4.78 is 10.3. The van der Waals surface area contributed by atoms with Gasteiger partial charge >= 0.3 is 0 Å². The van der Waals surface area contributed by atoms with Gasteiger partial charge in [-0.1, -0.05) is 5.16 Å². The van der Waals surface area contributed by atoms with Crippen LogP contribution in [0, 0.1) is 0 Å². The lowest BCUT2D eigenvalue weighted by atomic mass is 10.2. The molecule has 0 radical (unpaired) electrons. The molecule has 0 aliphatic rings. The summed E-state index contributed by atoms with van der Waals surface area (Å²) >= 11 is 1.56. The Kier molecular flexibility index (Phi) is 2.97. The van der Waals surface area contributed by atoms with Crippen LogP contribution in [-0.4, -0.2) is 18.5 Å². The molecular weight excluding hydrogens is 210 g/mol. The first-order valence-corrected chi connectivity index (χ1v) is 5.71. The Balaban J connectivity index is 2.28. The number of methoxy groups -OCH3 is 1. The highest BCUT2D eigenvalue weighted by molar-refractivity contribution is 7.98. The zero-order valence-electron chi connectivity index (χ0n) is 8.56. The highest BCUT2D eigenvalue weighted by Gasteiger charge is 2.05. The number of benzene rings is 1. The molecule has 0 saturated heterocycles. The SMILES string of the molecule is COc1ccc(-c2cc(SC)no2)cc1. The van der Waals surface area contributed by atoms with Gasteiger partial charge in [0.1, 0.15) is 10.8 Å². The molecule has 2 rings (SSSR count). The molecule has 1 heterocycles. The normalized spacial score (nSPS) is 10.3. The van der Waals surface area contributed by atoms with Gasteiger partial charge in [-0.15, -0.1) is 11.8 Å². The minimum atomic E-state index is 0.780. The Bertz CT molecular complexity index is 436. The van der Waals surface area contributed by atoms with E-state index < -0.39 is 0 Å². The largest absolute Gasteiger partial charge is 0.497 e. The average molecular weight is 221 g/mol. The summed E-state index contributed by atoms with van der Waals surface area (Å²) in [6, 6.07) is 9.62. The van der Waals surface area contributed by atoms with Gasteiger partial charge in [0.15, 0.2) is 5.76 Å². The van der Waals surface area contributed by atoms with Crippen LogP contribution in [0.5, 0.6) is 5.75 Å². The molecule has 0 bridgehead atoms. The van der Waals surface area contributed by atoms with Crippen LogP contribution in [-0.2, 0) is 0 Å². The summed E-state index contributed by atoms with van der Waals surface area (Å²) in [6.45, 7) is 0. The second-order valence-corrected chi connectivity index (χ2v) is 3.79. The summed E-state index contributed by atoms with van der Waals surface area (Å²) in [5, 5.41) is 4.80. The van der Waals surface area contributed by atoms with Crippen molar-refractivity contribution in [3.63, 3.8) is 0 Å². The predicted octanol–water partition coefficient (Wildman–Crippen LogP) is 3.07. The molecule has 0 amide bonds. The van der Waals surface area contributed by atoms with Gasteiger partial charge in [-0.05, 0) is 30.5 Å². The molecule has 1 aromatic carbocycles. The van der Waals surface area contributed by atoms with Crippen LogP contribution >= 0.6 is 11.8 Å². The van der Waals surface area contributed by atoms with E-state index in [9.17, 15) is 0 Å². The van der Waals surface area contributed by atoms with E-state index in [1.165, 1.54) is 0 Å². The number of hydrogen-bond donors (Lipinski definition) is 0. The Hall–Kier alpha value is -1.42. The van der Waals surface area contributed by atoms with E-state index in [1.807, 2.05) is 36.6 Å². The second kappa shape index (κ2) is 4.40. The van der Waals surface area contributed by atoms with E-state index in [0.29, 0.717) is 0 Å². The van der Waals surface area contributed by atoms with Gasteiger partial charge in [0.2, 0.25) is 0 Å². The Labute approximate surface area is 92.4 Å². The van der Waals surface area contributed by atoms with Crippen molar-refractivity contribution in [1.29, 1.82) is 0 Å². The fraction of sp³-hybridized carbons (Fsp3) is 0.182. The molecule has 0 N–H and O–H groups in total. The fourth-order valence-electron chi connectivity index (χ4n) is 1.25. The minimum absolute atomic E-state index is 0.780. The van der Waals surface area contributed by atoms with Gasteiger partial charge in [-0.2, -0.15) is 0 Å². The van der Waals surface area contributed by atoms with Gasteiger partial charge < -0.3 is 9.26 Å². The van der Waals surface area contributed by atoms with Crippen molar-refractivity contribution in [2.75, 3.05) is 13.4 Å². The highest BCUT2D eigenvalue weighted by atomic mass is 32.2. The van der Waals surface area contributed by atoms with Crippen molar-refractivity contribution >= 4 is 11.8 Å². The quantitative estimate of drug-likeness (QED) is 0.746. The summed E-state index contributed by atoms with van der Waals surface area (Å²) in [5.41, 5.74) is 1.00. The van der Waals surface area contributed by atoms with Crippen LogP contribution < -0.4 is 4.74 Å². The van der Waals surface area contributed by atoms with Crippen LogP contribution in [0.15, 0.2) is 39.9 Å². The van der Waals surface area contributed by atoms with Crippen molar-refractivity contribution in [3.8, 4) is 17.1 Å². The number of rotatable bonds is 3. The molecule has 0 saturated carbocycles. The van der Waals surface area contributed by atoms with Crippen molar-refractivity contribution in [3.05, 3.63) is 30.3 Å². The highest BCUT2D eigenvalue weighted by Crippen LogP contribution is 2.25. The van der Waals surface area contributed by atoms with Gasteiger partial charge in [0, 0.05) is 11.6 Å². The first-order chi connectivity index (χ1) is 7.33. The molecule has 0 unspecified atom stereocenters. The number of aromatic nitrogens is 1. The molecule has 0 aliphatic heterocycles. The third-order valence-electron chi connectivity index (χ3n) is 2.07. The van der Waals surface area contributed by atoms with Crippen LogP contribution in [0.3, 0.4) is 0 Å². The van der Waals surface area contributed by atoms with Crippen LogP contribution in [0.1, 0.15) is 0 Å². The van der Waals surface area contributed by atoms with E-state index in [-0.39, 0.29) is 0 Å². The molecule has 4 heteroatoms. The summed E-state index contributed by atoms with van der Waals surface area (Å²) in [7, 11) is 1.65. The molecule has 1 aromatic heterocycles. The zero-order chi connectivity index (χ0) is 10.7. The molecule has 15 heavy (non-hydrogen) atoms. The third kappa shape index (κ3) is 2.15. The molecule has 0 fully saturated rings. The predicted molar refractivity (Wildman–Crippen MR) is 60.3 cm³/mol. The molecular formula is C11H11NO2S. The monoisotopic (exact) mass is 221 g/mol. The lowest BCUT2D eigenvalue weighted by molar-refractivity contribution is 0.412. The maximum absolute atomic E-state index is 5.20. The van der Waals surface area contributed by atoms with E-state index in [1.54, 1.807) is 18.9 Å². The molecule has 0 aliphatic carbocycles. The standard InChI is InChI=1S/C11H11NO2S/c1-13-9-5-3-8(4-6-9)10-7-11(15-2)12-14-10/h3-7H,1-2H3. The number of hydrogen-bond acceptors (Lipinski definition) is 4. The Morgan fingerprint density at radius 2 is 2.00 bits per heavy atom. The number of ether oxygens (including phenoxy) is 1. The maximum Gasteiger partial charge on any atom is 0.168 e. The number of thioether (sulfide) groups is 1. The summed E-state index contributed by atoms with van der Waals surface area (Å²) in [4.78, 5) is 0. The van der Waals surface area contributed by atoms with Crippen molar-refractivity contribution in [2.45, 2.75) is 5.03 Å². The first-order valence-electron chi connectivity index (χ1n) is 4.48. The number of nitrogens with zero attached hydrogens (tertiary/aromatic N) is 1. The average Bonchev–Trinajstić information content (AvgIpc) is 2.78. The molecule has 78 valence electrons. The van der Waals surface area contributed by atoms with E-state index in [4.69, 9.17) is 9.26 Å². The smallest absolute Gasteiger partial charge is 0.168 e. The first kappa shape index (κ1) is 10.1. The summed E-state index contributed by atoms with van der Waals surface area (Å²) in [6.07, 6.45) is 1.97. The van der Waals surface area contributed by atoms with Crippen LogP contribution in [0.25, 0.3) is 11.3 Å². The van der Waals surface area contributed by atoms with Gasteiger partial charge in [-0.25, -0.2) is 0 Å². The third-order valence-corrected chi connectivity index (χ3v) is 2.68. The topological polar surface area (TPSA) is 35.3 Å². The Morgan fingerprint density at radius 3 is 2.53 bits per heavy atom. The van der Waals surface area contributed by atoms with Gasteiger partial charge in [-0.3, -0.25) is 0 Å². The van der Waals surface area contributed by atoms with Gasteiger partial charge in [0.05, 0.1) is 7.11 Å². The minimum Gasteiger partial charge on any atom is -0.497 e. The lowest BCUT2D eigenvalue weighted by Gasteiger charge is -1.99. The zero-order valence-corrected chi connectivity index (χ0v) is 9.38. The van der Waals surface area contributed by atoms with Crippen LogP contribution in [0.2, 0.25) is 0 Å². The van der Waals surface area contributed by atoms with Crippen molar-refractivity contribution in [1.82, 2.24) is 5.16 Å². The van der Waals surface area contributed by atoms with E-state index in [0.717, 1.165) is 22.1 Å². The summed E-state index contributed by atoms with van der Waals surface area (Å²) in [5.74, 6) is 1.62. The maximum atomic E-state index is 5.20. The van der Waals surface area contributed by atoms with Crippen LogP contribution in [0.4, 0.5) is 0 Å².